The number of nitrogens with one attached hydrogen (secondary N) is 1. The summed E-state index contributed by atoms with van der Waals surface area (Å²) in [7, 11) is 0. The molecule has 0 spiro atoms. The number of pyridine rings is 1. The van der Waals surface area contributed by atoms with Gasteiger partial charge in [-0.3, -0.25) is 10.2 Å². The Labute approximate surface area is 169 Å². The van der Waals surface area contributed by atoms with E-state index in [1.165, 1.54) is 23.6 Å². The van der Waals surface area contributed by atoms with E-state index in [9.17, 15) is 18.0 Å². The maximum atomic E-state index is 12.9. The highest BCUT2D eigenvalue weighted by Gasteiger charge is 2.34. The second kappa shape index (κ2) is 8.60. The van der Waals surface area contributed by atoms with Crippen molar-refractivity contribution in [3.05, 3.63) is 80.2 Å². The number of para-hydroxylation sites is 1. The van der Waals surface area contributed by atoms with E-state index < -0.39 is 17.3 Å². The predicted molar refractivity (Wildman–Crippen MR) is 109 cm³/mol. The zero-order valence-corrected chi connectivity index (χ0v) is 16.6. The highest BCUT2D eigenvalue weighted by molar-refractivity contribution is 7.13. The third-order valence-electron chi connectivity index (χ3n) is 4.19. The first-order chi connectivity index (χ1) is 13.8. The van der Waals surface area contributed by atoms with Crippen molar-refractivity contribution in [1.29, 1.82) is 0 Å². The average Bonchev–Trinajstić information content (AvgIpc) is 3.06. The molecule has 0 aliphatic carbocycles. The zero-order chi connectivity index (χ0) is 21.0. The molecular formula is C20H19F3N4OS. The predicted octanol–water partition coefficient (Wildman–Crippen LogP) is 4.71. The van der Waals surface area contributed by atoms with Crippen LogP contribution in [0.4, 0.5) is 18.9 Å². The van der Waals surface area contributed by atoms with Crippen LogP contribution in [0.1, 0.15) is 28.1 Å². The minimum atomic E-state index is -4.66. The molecule has 2 aromatic heterocycles. The van der Waals surface area contributed by atoms with Gasteiger partial charge in [0, 0.05) is 19.2 Å². The molecule has 3 rings (SSSR count). The Kier molecular flexibility index (Phi) is 6.17. The van der Waals surface area contributed by atoms with Crippen molar-refractivity contribution in [2.75, 3.05) is 5.43 Å². The van der Waals surface area contributed by atoms with Crippen LogP contribution >= 0.6 is 11.3 Å². The summed E-state index contributed by atoms with van der Waals surface area (Å²) in [5, 5.41) is 5.10. The van der Waals surface area contributed by atoms with Gasteiger partial charge in [-0.2, -0.15) is 18.3 Å². The molecule has 152 valence electrons. The molecule has 0 fully saturated rings. The lowest BCUT2D eigenvalue weighted by Crippen LogP contribution is -2.28. The fraction of sp³-hybridized carbons (Fsp3) is 0.250. The van der Waals surface area contributed by atoms with E-state index in [-0.39, 0.29) is 6.54 Å². The van der Waals surface area contributed by atoms with Gasteiger partial charge in [-0.15, -0.1) is 11.3 Å². The van der Waals surface area contributed by atoms with Gasteiger partial charge >= 0.3 is 6.18 Å². The first kappa shape index (κ1) is 20.8. The van der Waals surface area contributed by atoms with Crippen LogP contribution in [0.5, 0.6) is 0 Å². The highest BCUT2D eigenvalue weighted by atomic mass is 32.1. The number of alkyl halides is 3. The van der Waals surface area contributed by atoms with E-state index in [1.54, 1.807) is 0 Å². The number of hydrogen-bond acceptors (Lipinski definition) is 5. The van der Waals surface area contributed by atoms with Crippen LogP contribution in [-0.4, -0.2) is 15.3 Å². The average molecular weight is 420 g/mol. The first-order valence-electron chi connectivity index (χ1n) is 8.84. The molecule has 9 heteroatoms. The van der Waals surface area contributed by atoms with Crippen molar-refractivity contribution in [1.82, 2.24) is 9.55 Å². The van der Waals surface area contributed by atoms with Crippen molar-refractivity contribution in [2.24, 2.45) is 5.10 Å². The number of aromatic nitrogens is 2. The minimum absolute atomic E-state index is 0.119. The molecule has 0 aliphatic heterocycles. The van der Waals surface area contributed by atoms with Gasteiger partial charge in [-0.25, -0.2) is 4.98 Å². The van der Waals surface area contributed by atoms with E-state index in [4.69, 9.17) is 0 Å². The third-order valence-corrected chi connectivity index (χ3v) is 5.51. The van der Waals surface area contributed by atoms with Crippen LogP contribution in [0.15, 0.2) is 58.6 Å². The Bertz CT molecular complexity index is 1070. The Morgan fingerprint density at radius 2 is 1.93 bits per heavy atom. The van der Waals surface area contributed by atoms with E-state index in [0.717, 1.165) is 37.6 Å². The lowest BCUT2D eigenvalue weighted by atomic mass is 10.2. The van der Waals surface area contributed by atoms with Gasteiger partial charge in [0.1, 0.15) is 5.56 Å². The van der Waals surface area contributed by atoms with Crippen LogP contribution < -0.4 is 11.0 Å². The number of rotatable bonds is 6. The topological polar surface area (TPSA) is 59.3 Å². The highest BCUT2D eigenvalue weighted by Crippen LogP contribution is 2.26. The number of benzene rings is 1. The fourth-order valence-corrected chi connectivity index (χ4v) is 3.75. The Balaban J connectivity index is 1.72. The van der Waals surface area contributed by atoms with E-state index in [0.29, 0.717) is 6.42 Å². The lowest BCUT2D eigenvalue weighted by molar-refractivity contribution is -0.139. The summed E-state index contributed by atoms with van der Waals surface area (Å²) in [6, 6.07) is 11.5. The van der Waals surface area contributed by atoms with Crippen LogP contribution in [0.3, 0.4) is 0 Å². The normalized spacial score (nSPS) is 12.2. The van der Waals surface area contributed by atoms with Crippen LogP contribution in [-0.2, 0) is 19.1 Å². The number of nitrogens with zero attached hydrogens (tertiary/aromatic N) is 3. The third kappa shape index (κ3) is 5.11. The van der Waals surface area contributed by atoms with E-state index in [2.05, 4.69) is 15.5 Å². The van der Waals surface area contributed by atoms with Gasteiger partial charge in [0.05, 0.1) is 27.0 Å². The Morgan fingerprint density at radius 3 is 2.62 bits per heavy atom. The van der Waals surface area contributed by atoms with Gasteiger partial charge in [0.25, 0.3) is 5.56 Å². The van der Waals surface area contributed by atoms with Gasteiger partial charge in [0.15, 0.2) is 0 Å². The molecule has 0 bridgehead atoms. The molecule has 0 amide bonds. The van der Waals surface area contributed by atoms with Gasteiger partial charge < -0.3 is 4.57 Å². The summed E-state index contributed by atoms with van der Waals surface area (Å²) in [4.78, 5) is 17.4. The van der Waals surface area contributed by atoms with Crippen molar-refractivity contribution in [2.45, 2.75) is 33.0 Å². The molecule has 2 heterocycles. The summed E-state index contributed by atoms with van der Waals surface area (Å²) in [6.45, 7) is 3.83. The zero-order valence-electron chi connectivity index (χ0n) is 15.8. The number of anilines is 1. The van der Waals surface area contributed by atoms with E-state index in [1.807, 2.05) is 44.2 Å². The van der Waals surface area contributed by atoms with Crippen LogP contribution in [0.25, 0.3) is 0 Å². The van der Waals surface area contributed by atoms with Crippen molar-refractivity contribution >= 4 is 22.7 Å². The minimum Gasteiger partial charge on any atom is -0.315 e. The molecule has 29 heavy (non-hydrogen) atoms. The monoisotopic (exact) mass is 420 g/mol. The molecule has 1 N–H and O–H groups in total. The molecule has 0 saturated carbocycles. The molecular weight excluding hydrogens is 401 g/mol. The molecule has 5 nitrogen and oxygen atoms in total. The fourth-order valence-electron chi connectivity index (χ4n) is 2.75. The quantitative estimate of drug-likeness (QED) is 0.464. The first-order valence-corrected chi connectivity index (χ1v) is 9.66. The van der Waals surface area contributed by atoms with Crippen molar-refractivity contribution in [3.8, 4) is 0 Å². The molecule has 0 atom stereocenters. The smallest absolute Gasteiger partial charge is 0.315 e. The molecule has 0 radical (unpaired) electrons. The van der Waals surface area contributed by atoms with Gasteiger partial charge in [0.2, 0.25) is 0 Å². The Hall–Kier alpha value is -2.94. The number of thiazole rings is 1. The number of hydrazone groups is 1. The van der Waals surface area contributed by atoms with E-state index >= 15 is 0 Å². The van der Waals surface area contributed by atoms with Crippen molar-refractivity contribution in [3.63, 3.8) is 0 Å². The largest absolute Gasteiger partial charge is 0.421 e. The van der Waals surface area contributed by atoms with Crippen molar-refractivity contribution < 1.29 is 13.2 Å². The number of aryl methyl sites for hydroxylation is 3. The van der Waals surface area contributed by atoms with Crippen LogP contribution in [0, 0.1) is 6.92 Å². The molecule has 0 aliphatic rings. The lowest BCUT2D eigenvalue weighted by Gasteiger charge is -2.09. The van der Waals surface area contributed by atoms with Gasteiger partial charge in [-0.05, 0) is 38.1 Å². The summed E-state index contributed by atoms with van der Waals surface area (Å²) in [5.74, 6) is 0. The van der Waals surface area contributed by atoms with Crippen LogP contribution in [0.2, 0.25) is 0 Å². The van der Waals surface area contributed by atoms with Gasteiger partial charge in [-0.1, -0.05) is 18.2 Å². The number of hydrogen-bond donors (Lipinski definition) is 1. The number of halogens is 3. The molecule has 0 unspecified atom stereocenters. The summed E-state index contributed by atoms with van der Waals surface area (Å²) < 4.78 is 39.7. The summed E-state index contributed by atoms with van der Waals surface area (Å²) in [6.07, 6.45) is -2.95. The standard InChI is InChI=1S/C20H19F3N4OS/c1-13-18(14(2)25-26-15-7-4-3-5-8-15)29-17(24-13)10-12-27-11-6-9-16(19(27)28)20(21,22)23/h3-9,11,26H,10,12H2,1-2H3/b25-14-. The summed E-state index contributed by atoms with van der Waals surface area (Å²) in [5.41, 5.74) is 3.18. The molecule has 1 aromatic carbocycles. The molecule has 3 aromatic rings. The SMILES string of the molecule is C/C(=N/Nc1ccccc1)c1sc(CCn2cccc(C(F)(F)F)c2=O)nc1C. The Morgan fingerprint density at radius 1 is 1.21 bits per heavy atom. The maximum Gasteiger partial charge on any atom is 0.421 e. The second-order valence-corrected chi connectivity index (χ2v) is 7.45. The maximum absolute atomic E-state index is 12.9. The summed E-state index contributed by atoms with van der Waals surface area (Å²) >= 11 is 1.42. The second-order valence-electron chi connectivity index (χ2n) is 6.37. The molecule has 0 saturated heterocycles.